The number of unbranched alkanes of at least 4 members (excludes halogenated alkanes) is 1. The Balaban J connectivity index is 1.61. The van der Waals surface area contributed by atoms with E-state index >= 15 is 0 Å². The Morgan fingerprint density at radius 2 is 1.88 bits per heavy atom. The SMILES string of the molecule is C=CCCCC1CC1(C)OC(=O)N[C@H](C(=O)N1C[C@H](Oc2nc3cc(OC)ccc3nc2Cl)[C@@H](CC)[C@H]1C(=O)OC(C)(C)C)C(C)(C)C. The molecule has 12 heteroatoms. The number of nitrogens with one attached hydrogen (secondary N) is 1. The van der Waals surface area contributed by atoms with Gasteiger partial charge in [-0.2, -0.15) is 0 Å². The van der Waals surface area contributed by atoms with E-state index < -0.39 is 58.7 Å². The second-order valence-electron chi connectivity index (χ2n) is 15.1. The second-order valence-corrected chi connectivity index (χ2v) is 15.5. The zero-order chi connectivity index (χ0) is 35.6. The maximum Gasteiger partial charge on any atom is 0.408 e. The fourth-order valence-corrected chi connectivity index (χ4v) is 6.54. The van der Waals surface area contributed by atoms with Crippen molar-refractivity contribution < 1.29 is 33.3 Å². The number of nitrogens with zero attached hydrogens (tertiary/aromatic N) is 3. The minimum Gasteiger partial charge on any atom is -0.497 e. The van der Waals surface area contributed by atoms with Crippen LogP contribution in [0.1, 0.15) is 87.5 Å². The molecule has 2 unspecified atom stereocenters. The monoisotopic (exact) mass is 686 g/mol. The average molecular weight is 687 g/mol. The van der Waals surface area contributed by atoms with Crippen LogP contribution in [0.15, 0.2) is 30.9 Å². The summed E-state index contributed by atoms with van der Waals surface area (Å²) >= 11 is 6.53. The Morgan fingerprint density at radius 3 is 2.48 bits per heavy atom. The molecule has 1 aromatic heterocycles. The Bertz CT molecular complexity index is 1520. The first kappa shape index (κ1) is 37.2. The van der Waals surface area contributed by atoms with Crippen molar-refractivity contribution in [1.29, 1.82) is 0 Å². The van der Waals surface area contributed by atoms with E-state index in [2.05, 4.69) is 21.9 Å². The van der Waals surface area contributed by atoms with Crippen molar-refractivity contribution in [2.45, 2.75) is 117 Å². The van der Waals surface area contributed by atoms with Gasteiger partial charge in [-0.25, -0.2) is 19.6 Å². The number of likely N-dealkylation sites (tertiary alicyclic amines) is 1. The number of esters is 1. The summed E-state index contributed by atoms with van der Waals surface area (Å²) in [5, 5.41) is 2.90. The third-order valence-electron chi connectivity index (χ3n) is 9.08. The van der Waals surface area contributed by atoms with E-state index in [9.17, 15) is 14.4 Å². The smallest absolute Gasteiger partial charge is 0.408 e. The number of benzene rings is 1. The number of hydrogen-bond acceptors (Lipinski definition) is 9. The standard InChI is InChI=1S/C36H51ClN4O7/c1-11-13-14-15-21-19-36(21,9)48-33(44)40-28(34(3,4)5)31(42)41-20-26(23(12-2)27(41)32(43)47-35(6,7)8)46-30-29(37)38-24-17-16-22(45-10)18-25(24)39-30/h11,16-18,21,23,26-28H,1,12-15,19-20H2,2-10H3,(H,40,44)/t21?,23-,26+,27+,28-,36?/m1/s1. The van der Waals surface area contributed by atoms with Crippen molar-refractivity contribution in [3.05, 3.63) is 36.0 Å². The summed E-state index contributed by atoms with van der Waals surface area (Å²) in [7, 11) is 1.56. The van der Waals surface area contributed by atoms with Gasteiger partial charge in [-0.1, -0.05) is 45.4 Å². The van der Waals surface area contributed by atoms with E-state index in [0.717, 1.165) is 25.7 Å². The lowest BCUT2D eigenvalue weighted by atomic mass is 9.85. The zero-order valence-electron chi connectivity index (χ0n) is 29.7. The van der Waals surface area contributed by atoms with Gasteiger partial charge in [-0.15, -0.1) is 6.58 Å². The number of methoxy groups -OCH3 is 1. The fourth-order valence-electron chi connectivity index (χ4n) is 6.37. The number of ether oxygens (including phenoxy) is 4. The predicted octanol–water partition coefficient (Wildman–Crippen LogP) is 6.89. The number of allylic oxidation sites excluding steroid dienone is 1. The number of hydrogen-bond donors (Lipinski definition) is 1. The molecule has 11 nitrogen and oxygen atoms in total. The largest absolute Gasteiger partial charge is 0.497 e. The number of carbonyl (C=O) groups is 3. The van der Waals surface area contributed by atoms with Gasteiger partial charge in [0.25, 0.3) is 5.88 Å². The van der Waals surface area contributed by atoms with Gasteiger partial charge in [-0.3, -0.25) is 4.79 Å². The molecule has 48 heavy (non-hydrogen) atoms. The van der Waals surface area contributed by atoms with Crippen LogP contribution in [-0.2, 0) is 19.1 Å². The lowest BCUT2D eigenvalue weighted by molar-refractivity contribution is -0.165. The first-order chi connectivity index (χ1) is 22.4. The van der Waals surface area contributed by atoms with Gasteiger partial charge in [-0.05, 0) is 77.3 Å². The van der Waals surface area contributed by atoms with Crippen LogP contribution < -0.4 is 14.8 Å². The number of fused-ring (bicyclic) bond motifs is 1. The van der Waals surface area contributed by atoms with Crippen LogP contribution in [0.2, 0.25) is 5.15 Å². The molecule has 0 bridgehead atoms. The molecule has 4 rings (SSSR count). The third-order valence-corrected chi connectivity index (χ3v) is 9.32. The molecule has 0 radical (unpaired) electrons. The van der Waals surface area contributed by atoms with Gasteiger partial charge < -0.3 is 29.2 Å². The molecule has 2 aromatic rings. The van der Waals surface area contributed by atoms with Crippen molar-refractivity contribution in [1.82, 2.24) is 20.2 Å². The van der Waals surface area contributed by atoms with Crippen LogP contribution in [-0.4, -0.2) is 75.9 Å². The number of aromatic nitrogens is 2. The van der Waals surface area contributed by atoms with Crippen LogP contribution in [0.4, 0.5) is 4.79 Å². The molecule has 1 N–H and O–H groups in total. The summed E-state index contributed by atoms with van der Waals surface area (Å²) in [6.07, 6.45) is 4.60. The van der Waals surface area contributed by atoms with Gasteiger partial charge in [0, 0.05) is 17.9 Å². The second kappa shape index (κ2) is 14.5. The molecular weight excluding hydrogens is 636 g/mol. The number of amides is 2. The molecule has 2 heterocycles. The number of rotatable bonds is 12. The fraction of sp³-hybridized carbons (Fsp3) is 0.639. The quantitative estimate of drug-likeness (QED) is 0.144. The summed E-state index contributed by atoms with van der Waals surface area (Å²) < 4.78 is 23.4. The van der Waals surface area contributed by atoms with Crippen LogP contribution in [0.3, 0.4) is 0 Å². The first-order valence-electron chi connectivity index (χ1n) is 16.7. The molecule has 1 aliphatic heterocycles. The lowest BCUT2D eigenvalue weighted by Crippen LogP contribution is -2.58. The molecule has 1 saturated carbocycles. The molecule has 0 spiro atoms. The molecule has 2 aliphatic rings. The van der Waals surface area contributed by atoms with E-state index in [1.807, 2.05) is 40.7 Å². The molecule has 2 amide bonds. The first-order valence-corrected chi connectivity index (χ1v) is 17.1. The van der Waals surface area contributed by atoms with E-state index in [4.69, 9.17) is 30.5 Å². The highest BCUT2D eigenvalue weighted by Crippen LogP contribution is 2.49. The highest BCUT2D eigenvalue weighted by molar-refractivity contribution is 6.31. The van der Waals surface area contributed by atoms with Gasteiger partial charge in [0.2, 0.25) is 5.91 Å². The van der Waals surface area contributed by atoms with Gasteiger partial charge in [0.1, 0.15) is 35.1 Å². The highest BCUT2D eigenvalue weighted by Gasteiger charge is 2.55. The normalized spacial score (nSPS) is 24.5. The summed E-state index contributed by atoms with van der Waals surface area (Å²) in [6.45, 7) is 18.5. The zero-order valence-corrected chi connectivity index (χ0v) is 30.5. The number of carbonyl (C=O) groups excluding carboxylic acids is 3. The maximum atomic E-state index is 14.5. The maximum absolute atomic E-state index is 14.5. The van der Waals surface area contributed by atoms with Crippen LogP contribution >= 0.6 is 11.6 Å². The van der Waals surface area contributed by atoms with E-state index in [0.29, 0.717) is 23.2 Å². The molecule has 1 aliphatic carbocycles. The minimum atomic E-state index is -1.01. The van der Waals surface area contributed by atoms with Crippen LogP contribution in [0.25, 0.3) is 11.0 Å². The number of halogens is 1. The molecule has 264 valence electrons. The summed E-state index contributed by atoms with van der Waals surface area (Å²) in [6, 6.07) is 3.23. The minimum absolute atomic E-state index is 0.0296. The van der Waals surface area contributed by atoms with E-state index in [1.54, 1.807) is 46.1 Å². The van der Waals surface area contributed by atoms with E-state index in [-0.39, 0.29) is 23.5 Å². The van der Waals surface area contributed by atoms with Crippen molar-refractivity contribution >= 4 is 40.6 Å². The van der Waals surface area contributed by atoms with Crippen molar-refractivity contribution in [2.24, 2.45) is 17.3 Å². The number of alkyl carbamates (subject to hydrolysis) is 1. The molecule has 1 aromatic carbocycles. The molecule has 6 atom stereocenters. The van der Waals surface area contributed by atoms with Crippen molar-refractivity contribution in [3.63, 3.8) is 0 Å². The van der Waals surface area contributed by atoms with Gasteiger partial charge >= 0.3 is 12.1 Å². The highest BCUT2D eigenvalue weighted by atomic mass is 35.5. The summed E-state index contributed by atoms with van der Waals surface area (Å²) in [5.41, 5.74) is -1.04. The molecule has 2 fully saturated rings. The Labute approximate surface area is 289 Å². The van der Waals surface area contributed by atoms with Gasteiger partial charge in [0.05, 0.1) is 24.7 Å². The molecular formula is C36H51ClN4O7. The Kier molecular flexibility index (Phi) is 11.2. The van der Waals surface area contributed by atoms with E-state index in [1.165, 1.54) is 4.90 Å². The molecule has 1 saturated heterocycles. The van der Waals surface area contributed by atoms with Crippen molar-refractivity contribution in [3.8, 4) is 11.6 Å². The van der Waals surface area contributed by atoms with Crippen LogP contribution in [0, 0.1) is 17.3 Å². The van der Waals surface area contributed by atoms with Crippen LogP contribution in [0.5, 0.6) is 11.6 Å². The third kappa shape index (κ3) is 8.70. The van der Waals surface area contributed by atoms with Crippen molar-refractivity contribution in [2.75, 3.05) is 13.7 Å². The Morgan fingerprint density at radius 1 is 1.17 bits per heavy atom. The summed E-state index contributed by atoms with van der Waals surface area (Å²) in [5.74, 6) is -0.542. The van der Waals surface area contributed by atoms with Gasteiger partial charge in [0.15, 0.2) is 5.15 Å². The average Bonchev–Trinajstić information content (AvgIpc) is 3.46. The predicted molar refractivity (Wildman–Crippen MR) is 184 cm³/mol. The topological polar surface area (TPSA) is 129 Å². The lowest BCUT2D eigenvalue weighted by Gasteiger charge is -2.36. The Hall–Kier alpha value is -3.60. The summed E-state index contributed by atoms with van der Waals surface area (Å²) in [4.78, 5) is 52.1.